The predicted molar refractivity (Wildman–Crippen MR) is 77.5 cm³/mol. The van der Waals surface area contributed by atoms with E-state index in [0.29, 0.717) is 0 Å². The molecule has 0 saturated heterocycles. The maximum atomic E-state index is 12.1. The second-order valence-electron chi connectivity index (χ2n) is 6.58. The Bertz CT molecular complexity index is 367. The molecule has 0 radical (unpaired) electrons. The van der Waals surface area contributed by atoms with Crippen LogP contribution in [0, 0.1) is 11.8 Å². The smallest absolute Gasteiger partial charge is 0.408 e. The van der Waals surface area contributed by atoms with Crippen molar-refractivity contribution in [2.75, 3.05) is 0 Å². The summed E-state index contributed by atoms with van der Waals surface area (Å²) >= 11 is 0. The van der Waals surface area contributed by atoms with E-state index in [0.717, 1.165) is 0 Å². The van der Waals surface area contributed by atoms with E-state index in [1.165, 1.54) is 0 Å². The lowest BCUT2D eigenvalue weighted by molar-refractivity contribution is -0.129. The molecular weight excluding hydrogens is 258 g/mol. The molecule has 5 heteroatoms. The van der Waals surface area contributed by atoms with Crippen LogP contribution in [-0.2, 0) is 14.3 Å². The van der Waals surface area contributed by atoms with E-state index < -0.39 is 17.7 Å². The van der Waals surface area contributed by atoms with Gasteiger partial charge < -0.3 is 10.1 Å². The van der Waals surface area contributed by atoms with Crippen LogP contribution < -0.4 is 5.32 Å². The maximum Gasteiger partial charge on any atom is 0.408 e. The van der Waals surface area contributed by atoms with Crippen molar-refractivity contribution in [2.24, 2.45) is 11.8 Å². The standard InChI is InChI=1S/C15H27NO4/c1-9(2)12(17)8-11(13(18)10(3)4)16-14(19)20-15(5,6)7/h9-11H,8H2,1-7H3,(H,16,19). The van der Waals surface area contributed by atoms with Crippen LogP contribution in [-0.4, -0.2) is 29.3 Å². The Morgan fingerprint density at radius 2 is 1.50 bits per heavy atom. The first-order chi connectivity index (χ1) is 8.94. The fourth-order valence-electron chi connectivity index (χ4n) is 1.51. The van der Waals surface area contributed by atoms with Gasteiger partial charge in [0.15, 0.2) is 5.78 Å². The van der Waals surface area contributed by atoms with Crippen LogP contribution in [0.25, 0.3) is 0 Å². The number of ketones is 2. The van der Waals surface area contributed by atoms with Crippen LogP contribution in [0.1, 0.15) is 54.9 Å². The van der Waals surface area contributed by atoms with Gasteiger partial charge in [0.25, 0.3) is 0 Å². The number of Topliss-reactive ketones (excluding diaryl/α,β-unsaturated/α-hetero) is 2. The van der Waals surface area contributed by atoms with Crippen molar-refractivity contribution in [3.8, 4) is 0 Å². The van der Waals surface area contributed by atoms with Crippen LogP contribution in [0.15, 0.2) is 0 Å². The Morgan fingerprint density at radius 3 is 1.85 bits per heavy atom. The monoisotopic (exact) mass is 285 g/mol. The third-order valence-electron chi connectivity index (χ3n) is 2.65. The highest BCUT2D eigenvalue weighted by Crippen LogP contribution is 2.11. The minimum atomic E-state index is -0.820. The molecule has 0 aromatic heterocycles. The summed E-state index contributed by atoms with van der Waals surface area (Å²) in [5.41, 5.74) is -0.641. The third-order valence-corrected chi connectivity index (χ3v) is 2.65. The van der Waals surface area contributed by atoms with Crippen LogP contribution in [0.5, 0.6) is 0 Å². The van der Waals surface area contributed by atoms with Crippen molar-refractivity contribution in [2.45, 2.75) is 66.5 Å². The molecule has 0 aliphatic rings. The van der Waals surface area contributed by atoms with E-state index in [-0.39, 0.29) is 29.8 Å². The molecular formula is C15H27NO4. The molecule has 1 atom stereocenters. The normalized spacial score (nSPS) is 13.2. The fourth-order valence-corrected chi connectivity index (χ4v) is 1.51. The summed E-state index contributed by atoms with van der Waals surface area (Å²) in [4.78, 5) is 35.6. The lowest BCUT2D eigenvalue weighted by Gasteiger charge is -2.24. The van der Waals surface area contributed by atoms with Gasteiger partial charge in [-0.1, -0.05) is 27.7 Å². The van der Waals surface area contributed by atoms with Gasteiger partial charge in [-0.3, -0.25) is 9.59 Å². The first-order valence-electron chi connectivity index (χ1n) is 7.00. The van der Waals surface area contributed by atoms with Crippen LogP contribution in [0.4, 0.5) is 4.79 Å². The van der Waals surface area contributed by atoms with Gasteiger partial charge >= 0.3 is 6.09 Å². The first-order valence-corrected chi connectivity index (χ1v) is 7.00. The Morgan fingerprint density at radius 1 is 1.00 bits per heavy atom. The average Bonchev–Trinajstić information content (AvgIpc) is 2.23. The van der Waals surface area contributed by atoms with Crippen molar-refractivity contribution in [1.29, 1.82) is 0 Å². The van der Waals surface area contributed by atoms with Crippen LogP contribution >= 0.6 is 0 Å². The second kappa shape index (κ2) is 7.41. The third kappa shape index (κ3) is 7.26. The Balaban J connectivity index is 4.83. The number of hydrogen-bond acceptors (Lipinski definition) is 4. The SMILES string of the molecule is CC(C)C(=O)CC(NC(=O)OC(C)(C)C)C(=O)C(C)C. The number of carbonyl (C=O) groups excluding carboxylic acids is 3. The van der Waals surface area contributed by atoms with Gasteiger partial charge in [-0.05, 0) is 20.8 Å². The van der Waals surface area contributed by atoms with E-state index in [4.69, 9.17) is 4.74 Å². The molecule has 0 aromatic carbocycles. The highest BCUT2D eigenvalue weighted by molar-refractivity contribution is 5.94. The van der Waals surface area contributed by atoms with E-state index in [9.17, 15) is 14.4 Å². The highest BCUT2D eigenvalue weighted by atomic mass is 16.6. The molecule has 1 N–H and O–H groups in total. The number of alkyl carbamates (subject to hydrolysis) is 1. The molecule has 0 saturated carbocycles. The van der Waals surface area contributed by atoms with Crippen molar-refractivity contribution in [3.05, 3.63) is 0 Å². The molecule has 0 aliphatic carbocycles. The van der Waals surface area contributed by atoms with Crippen LogP contribution in [0.3, 0.4) is 0 Å². The van der Waals surface area contributed by atoms with Gasteiger partial charge in [0.1, 0.15) is 11.4 Å². The Labute approximate surface area is 121 Å². The zero-order valence-corrected chi connectivity index (χ0v) is 13.6. The molecule has 0 aromatic rings. The average molecular weight is 285 g/mol. The van der Waals surface area contributed by atoms with E-state index >= 15 is 0 Å². The van der Waals surface area contributed by atoms with Gasteiger partial charge in [0.05, 0.1) is 6.04 Å². The minimum Gasteiger partial charge on any atom is -0.444 e. The lowest BCUT2D eigenvalue weighted by atomic mass is 9.94. The van der Waals surface area contributed by atoms with Crippen molar-refractivity contribution >= 4 is 17.7 Å². The van der Waals surface area contributed by atoms with Crippen LogP contribution in [0.2, 0.25) is 0 Å². The number of carbonyl (C=O) groups is 3. The summed E-state index contributed by atoms with van der Waals surface area (Å²) in [6, 6.07) is -0.820. The van der Waals surface area contributed by atoms with Crippen molar-refractivity contribution < 1.29 is 19.1 Å². The summed E-state index contributed by atoms with van der Waals surface area (Å²) in [6.45, 7) is 12.2. The zero-order chi connectivity index (χ0) is 16.1. The zero-order valence-electron chi connectivity index (χ0n) is 13.6. The number of ether oxygens (including phenoxy) is 1. The van der Waals surface area contributed by atoms with Gasteiger partial charge in [0.2, 0.25) is 0 Å². The molecule has 116 valence electrons. The van der Waals surface area contributed by atoms with Gasteiger partial charge in [-0.2, -0.15) is 0 Å². The number of rotatable bonds is 6. The Hall–Kier alpha value is -1.39. The summed E-state index contributed by atoms with van der Waals surface area (Å²) < 4.78 is 5.13. The quantitative estimate of drug-likeness (QED) is 0.814. The molecule has 0 spiro atoms. The molecule has 0 bridgehead atoms. The number of hydrogen-bond donors (Lipinski definition) is 1. The molecule has 5 nitrogen and oxygen atoms in total. The van der Waals surface area contributed by atoms with E-state index in [1.807, 2.05) is 0 Å². The largest absolute Gasteiger partial charge is 0.444 e. The van der Waals surface area contributed by atoms with Crippen molar-refractivity contribution in [3.63, 3.8) is 0 Å². The van der Waals surface area contributed by atoms with Gasteiger partial charge in [0, 0.05) is 18.3 Å². The summed E-state index contributed by atoms with van der Waals surface area (Å²) in [7, 11) is 0. The molecule has 0 heterocycles. The molecule has 0 rings (SSSR count). The highest BCUT2D eigenvalue weighted by Gasteiger charge is 2.28. The molecule has 0 aliphatic heterocycles. The summed E-state index contributed by atoms with van der Waals surface area (Å²) in [6.07, 6.45) is -0.665. The minimum absolute atomic E-state index is 0.00786. The van der Waals surface area contributed by atoms with E-state index in [2.05, 4.69) is 5.32 Å². The number of amides is 1. The Kier molecular flexibility index (Phi) is 6.89. The summed E-state index contributed by atoms with van der Waals surface area (Å²) in [5, 5.41) is 2.51. The first kappa shape index (κ1) is 18.6. The molecule has 20 heavy (non-hydrogen) atoms. The molecule has 0 fully saturated rings. The summed E-state index contributed by atoms with van der Waals surface area (Å²) in [5.74, 6) is -0.641. The molecule has 1 amide bonds. The van der Waals surface area contributed by atoms with Crippen molar-refractivity contribution in [1.82, 2.24) is 5.32 Å². The molecule has 1 unspecified atom stereocenters. The topological polar surface area (TPSA) is 72.5 Å². The fraction of sp³-hybridized carbons (Fsp3) is 0.800. The maximum absolute atomic E-state index is 12.1. The second-order valence-corrected chi connectivity index (χ2v) is 6.58. The van der Waals surface area contributed by atoms with E-state index in [1.54, 1.807) is 48.5 Å². The van der Waals surface area contributed by atoms with Gasteiger partial charge in [-0.15, -0.1) is 0 Å². The predicted octanol–water partition coefficient (Wildman–Crippen LogP) is 2.72. The number of nitrogens with one attached hydrogen (secondary N) is 1. The lowest BCUT2D eigenvalue weighted by Crippen LogP contribution is -2.46. The van der Waals surface area contributed by atoms with Gasteiger partial charge in [-0.25, -0.2) is 4.79 Å².